The van der Waals surface area contributed by atoms with Crippen LogP contribution in [0.1, 0.15) is 10.4 Å². The highest BCUT2D eigenvalue weighted by atomic mass is 79.9. The summed E-state index contributed by atoms with van der Waals surface area (Å²) in [5.74, 6) is 5.19. The molecule has 0 aliphatic rings. The van der Waals surface area contributed by atoms with E-state index in [-0.39, 0.29) is 17.3 Å². The molecule has 0 saturated carbocycles. The molecule has 1 amide bonds. The quantitative estimate of drug-likeness (QED) is 0.534. The molecular weight excluding hydrogens is 304 g/mol. The highest BCUT2D eigenvalue weighted by Crippen LogP contribution is 2.18. The molecule has 2 heterocycles. The van der Waals surface area contributed by atoms with Crippen LogP contribution < -0.4 is 16.6 Å². The summed E-state index contributed by atoms with van der Waals surface area (Å²) in [7, 11) is 1.59. The minimum absolute atomic E-state index is 0.102. The van der Waals surface area contributed by atoms with Crippen LogP contribution in [0.5, 0.6) is 0 Å². The molecule has 2 aromatic rings. The fourth-order valence-corrected chi connectivity index (χ4v) is 1.56. The maximum absolute atomic E-state index is 12.0. The van der Waals surface area contributed by atoms with Crippen molar-refractivity contribution < 1.29 is 4.79 Å². The zero-order valence-corrected chi connectivity index (χ0v) is 10.8. The number of halogens is 1. The zero-order chi connectivity index (χ0) is 13.1. The Hall–Kier alpha value is -2.07. The van der Waals surface area contributed by atoms with E-state index in [9.17, 15) is 4.79 Å². The predicted octanol–water partition coefficient (Wildman–Crippen LogP) is -0.0945. The van der Waals surface area contributed by atoms with Crippen molar-refractivity contribution in [3.8, 4) is 0 Å². The number of nitrogen functional groups attached to an aromatic ring is 1. The number of nitrogens with zero attached hydrogens (tertiary/aromatic N) is 5. The lowest BCUT2D eigenvalue weighted by molar-refractivity contribution is 0.102. The summed E-state index contributed by atoms with van der Waals surface area (Å²) >= 11 is 3.22. The van der Waals surface area contributed by atoms with Crippen molar-refractivity contribution >= 4 is 33.6 Å². The van der Waals surface area contributed by atoms with Gasteiger partial charge in [0.1, 0.15) is 0 Å². The molecule has 0 unspecified atom stereocenters. The van der Waals surface area contributed by atoms with Gasteiger partial charge in [0.15, 0.2) is 5.82 Å². The number of aryl methyl sites for hydroxylation is 1. The Labute approximate surface area is 110 Å². The lowest BCUT2D eigenvalue weighted by Gasteiger charge is -2.06. The van der Waals surface area contributed by atoms with Gasteiger partial charge >= 0.3 is 0 Å². The average molecular weight is 313 g/mol. The Morgan fingerprint density at radius 3 is 2.94 bits per heavy atom. The molecular formula is C8H9BrN8O. The van der Waals surface area contributed by atoms with Crippen LogP contribution in [0.3, 0.4) is 0 Å². The molecule has 94 valence electrons. The second kappa shape index (κ2) is 5.06. The Morgan fingerprint density at radius 1 is 1.56 bits per heavy atom. The molecule has 0 bridgehead atoms. The van der Waals surface area contributed by atoms with Crippen LogP contribution in [0.15, 0.2) is 16.7 Å². The third-order valence-electron chi connectivity index (χ3n) is 1.97. The molecule has 9 nitrogen and oxygen atoms in total. The van der Waals surface area contributed by atoms with Crippen LogP contribution in [0.2, 0.25) is 0 Å². The van der Waals surface area contributed by atoms with Gasteiger partial charge in [-0.05, 0) is 27.2 Å². The number of hydrogen-bond donors (Lipinski definition) is 3. The van der Waals surface area contributed by atoms with Crippen molar-refractivity contribution in [2.45, 2.75) is 0 Å². The van der Waals surface area contributed by atoms with Crippen LogP contribution in [-0.4, -0.2) is 31.1 Å². The molecule has 0 radical (unpaired) electrons. The van der Waals surface area contributed by atoms with Crippen LogP contribution in [-0.2, 0) is 7.05 Å². The zero-order valence-electron chi connectivity index (χ0n) is 9.25. The van der Waals surface area contributed by atoms with E-state index in [4.69, 9.17) is 5.84 Å². The molecule has 0 atom stereocenters. The number of carbonyl (C=O) groups excluding carboxylic acids is 1. The van der Waals surface area contributed by atoms with Crippen molar-refractivity contribution in [2.75, 3.05) is 10.7 Å². The van der Waals surface area contributed by atoms with E-state index in [0.29, 0.717) is 4.47 Å². The molecule has 18 heavy (non-hydrogen) atoms. The maximum atomic E-state index is 12.0. The summed E-state index contributed by atoms with van der Waals surface area (Å²) in [4.78, 5) is 17.2. The summed E-state index contributed by atoms with van der Waals surface area (Å²) in [5, 5.41) is 13.6. The molecule has 10 heteroatoms. The van der Waals surface area contributed by atoms with Gasteiger partial charge in [0.05, 0.1) is 12.6 Å². The minimum atomic E-state index is -0.440. The second-order valence-corrected chi connectivity index (χ2v) is 4.17. The number of rotatable bonds is 3. The van der Waals surface area contributed by atoms with E-state index in [0.717, 1.165) is 0 Å². The van der Waals surface area contributed by atoms with Crippen LogP contribution in [0, 0.1) is 0 Å². The van der Waals surface area contributed by atoms with E-state index < -0.39 is 5.91 Å². The first-order valence-electron chi connectivity index (χ1n) is 4.77. The second-order valence-electron chi connectivity index (χ2n) is 3.25. The van der Waals surface area contributed by atoms with Crippen molar-refractivity contribution in [1.82, 2.24) is 25.2 Å². The largest absolute Gasteiger partial charge is 0.308 e. The van der Waals surface area contributed by atoms with Crippen LogP contribution in [0.4, 0.5) is 11.8 Å². The van der Waals surface area contributed by atoms with Crippen LogP contribution in [0.25, 0.3) is 0 Å². The number of hydrazine groups is 1. The van der Waals surface area contributed by atoms with E-state index in [1.54, 1.807) is 13.1 Å². The van der Waals surface area contributed by atoms with E-state index in [1.165, 1.54) is 11.0 Å². The SMILES string of the molecule is Cn1nnc(NC(=O)c2cc(Br)cnc2NN)n1. The van der Waals surface area contributed by atoms with Gasteiger partial charge in [0.25, 0.3) is 11.9 Å². The van der Waals surface area contributed by atoms with Gasteiger partial charge in [-0.15, -0.1) is 5.10 Å². The third kappa shape index (κ3) is 2.60. The molecule has 0 aliphatic carbocycles. The third-order valence-corrected chi connectivity index (χ3v) is 2.40. The van der Waals surface area contributed by atoms with Crippen molar-refractivity contribution in [3.05, 3.63) is 22.3 Å². The first-order valence-corrected chi connectivity index (χ1v) is 5.57. The number of pyridine rings is 1. The Bertz CT molecular complexity index is 582. The average Bonchev–Trinajstić information content (AvgIpc) is 2.74. The maximum Gasteiger partial charge on any atom is 0.270 e. The summed E-state index contributed by atoms with van der Waals surface area (Å²) in [6.07, 6.45) is 1.52. The van der Waals surface area contributed by atoms with Crippen molar-refractivity contribution in [2.24, 2.45) is 12.9 Å². The smallest absolute Gasteiger partial charge is 0.270 e. The van der Waals surface area contributed by atoms with Crippen molar-refractivity contribution in [3.63, 3.8) is 0 Å². The minimum Gasteiger partial charge on any atom is -0.308 e. The number of anilines is 2. The van der Waals surface area contributed by atoms with Gasteiger partial charge in [-0.2, -0.15) is 4.80 Å². The molecule has 0 spiro atoms. The topological polar surface area (TPSA) is 124 Å². The monoisotopic (exact) mass is 312 g/mol. The number of tetrazole rings is 1. The lowest BCUT2D eigenvalue weighted by atomic mass is 10.2. The first-order chi connectivity index (χ1) is 8.60. The Balaban J connectivity index is 2.25. The summed E-state index contributed by atoms with van der Waals surface area (Å²) in [5.41, 5.74) is 2.60. The molecule has 0 fully saturated rings. The fourth-order valence-electron chi connectivity index (χ4n) is 1.23. The van der Waals surface area contributed by atoms with Gasteiger partial charge < -0.3 is 5.43 Å². The summed E-state index contributed by atoms with van der Waals surface area (Å²) in [6, 6.07) is 1.58. The van der Waals surface area contributed by atoms with Gasteiger partial charge in [0, 0.05) is 10.7 Å². The molecule has 0 saturated heterocycles. The lowest BCUT2D eigenvalue weighted by Crippen LogP contribution is -2.19. The molecule has 2 rings (SSSR count). The number of nitrogens with two attached hydrogens (primary N) is 1. The highest BCUT2D eigenvalue weighted by molar-refractivity contribution is 9.10. The first kappa shape index (κ1) is 12.4. The van der Waals surface area contributed by atoms with Crippen LogP contribution >= 0.6 is 15.9 Å². The van der Waals surface area contributed by atoms with Crippen molar-refractivity contribution in [1.29, 1.82) is 0 Å². The van der Waals surface area contributed by atoms with Gasteiger partial charge in [-0.25, -0.2) is 10.8 Å². The Morgan fingerprint density at radius 2 is 2.33 bits per heavy atom. The fraction of sp³-hybridized carbons (Fsp3) is 0.125. The standard InChI is InChI=1S/C8H9BrN8O/c1-17-15-8(14-16-17)12-7(18)5-2-4(9)3-11-6(5)13-10/h2-3H,10H2,1H3,(H,11,13)(H,12,15,18). The number of nitrogens with one attached hydrogen (secondary N) is 2. The number of carbonyl (C=O) groups is 1. The van der Waals surface area contributed by atoms with E-state index >= 15 is 0 Å². The van der Waals surface area contributed by atoms with E-state index in [1.807, 2.05) is 0 Å². The number of aromatic nitrogens is 5. The summed E-state index contributed by atoms with van der Waals surface area (Å²) < 4.78 is 0.652. The number of amides is 1. The van der Waals surface area contributed by atoms with Gasteiger partial charge in [0.2, 0.25) is 0 Å². The number of hydrogen-bond acceptors (Lipinski definition) is 7. The normalized spacial score (nSPS) is 10.2. The predicted molar refractivity (Wildman–Crippen MR) is 66.5 cm³/mol. The van der Waals surface area contributed by atoms with Gasteiger partial charge in [-0.3, -0.25) is 10.1 Å². The van der Waals surface area contributed by atoms with E-state index in [2.05, 4.69) is 47.1 Å². The van der Waals surface area contributed by atoms with Gasteiger partial charge in [-0.1, -0.05) is 5.10 Å². The molecule has 2 aromatic heterocycles. The Kier molecular flexibility index (Phi) is 3.48. The molecule has 0 aromatic carbocycles. The highest BCUT2D eigenvalue weighted by Gasteiger charge is 2.15. The molecule has 0 aliphatic heterocycles. The summed E-state index contributed by atoms with van der Waals surface area (Å²) in [6.45, 7) is 0. The molecule has 4 N–H and O–H groups in total.